The zero-order chi connectivity index (χ0) is 27.2. The Hall–Kier alpha value is -1.65. The van der Waals surface area contributed by atoms with Gasteiger partial charge < -0.3 is 9.84 Å². The van der Waals surface area contributed by atoms with Gasteiger partial charge in [0, 0.05) is 13.3 Å². The Morgan fingerprint density at radius 2 is 1.62 bits per heavy atom. The highest BCUT2D eigenvalue weighted by molar-refractivity contribution is 5.86. The van der Waals surface area contributed by atoms with Gasteiger partial charge in [-0.1, -0.05) is 32.9 Å². The Kier molecular flexibility index (Phi) is 6.13. The van der Waals surface area contributed by atoms with Crippen LogP contribution in [0.15, 0.2) is 12.2 Å². The van der Waals surface area contributed by atoms with Gasteiger partial charge in [-0.15, -0.1) is 0 Å². The summed E-state index contributed by atoms with van der Waals surface area (Å²) >= 11 is 0. The molecule has 0 amide bonds. The molecule has 0 aromatic carbocycles. The molecule has 1 unspecified atom stereocenters. The van der Waals surface area contributed by atoms with Crippen LogP contribution < -0.4 is 0 Å². The third-order valence-corrected chi connectivity index (χ3v) is 13.6. The maximum atomic E-state index is 13.3. The quantitative estimate of drug-likeness (QED) is 0.329. The topological polar surface area (TPSA) is 80.7 Å². The molecule has 0 aromatic heterocycles. The number of Topliss-reactive ketones (excluding diaryl/α,β-unsaturated/α-hetero) is 1. The predicted octanol–water partition coefficient (Wildman–Crippen LogP) is 6.84. The molecular weight excluding hydrogens is 464 g/mol. The standard InChI is InChI=1S/C32H48O5/c1-19(2)21-10-15-32(27(35)36)17-16-30(6)22(26(21)32)8-9-24-28(4)13-12-25(34)29(5,18-37-20(3)33)23(28)11-14-31(24,30)7/h21-24,26H,1,8-18H2,2-7H3,(H,35,36)/t21-,22?,23+,24+,26+,28-,29-,30+,31+,32-/m0/s1. The van der Waals surface area contributed by atoms with E-state index in [1.54, 1.807) is 0 Å². The molecule has 0 radical (unpaired) electrons. The summed E-state index contributed by atoms with van der Waals surface area (Å²) in [5.74, 6) is 0.890. The second-order valence-electron chi connectivity index (χ2n) is 14.8. The highest BCUT2D eigenvalue weighted by Gasteiger charge is 2.72. The molecular formula is C32H48O5. The van der Waals surface area contributed by atoms with E-state index in [0.717, 1.165) is 63.4 Å². The number of carboxylic acids is 1. The van der Waals surface area contributed by atoms with Crippen molar-refractivity contribution in [1.29, 1.82) is 0 Å². The van der Waals surface area contributed by atoms with Crippen LogP contribution in [-0.4, -0.2) is 29.4 Å². The highest BCUT2D eigenvalue weighted by atomic mass is 16.5. The first-order valence-electron chi connectivity index (χ1n) is 14.7. The van der Waals surface area contributed by atoms with Crippen LogP contribution in [0.5, 0.6) is 0 Å². The molecule has 1 N–H and O–H groups in total. The number of esters is 1. The fourth-order valence-corrected chi connectivity index (χ4v) is 11.6. The molecule has 5 rings (SSSR count). The Labute approximate surface area is 223 Å². The van der Waals surface area contributed by atoms with Gasteiger partial charge in [0.2, 0.25) is 0 Å². The smallest absolute Gasteiger partial charge is 0.309 e. The normalized spacial score (nSPS) is 50.8. The molecule has 5 fully saturated rings. The minimum Gasteiger partial charge on any atom is -0.481 e. The van der Waals surface area contributed by atoms with E-state index in [1.807, 2.05) is 6.92 Å². The fraction of sp³-hybridized carbons (Fsp3) is 0.844. The average molecular weight is 513 g/mol. The van der Waals surface area contributed by atoms with Crippen molar-refractivity contribution in [3.05, 3.63) is 12.2 Å². The van der Waals surface area contributed by atoms with Crippen molar-refractivity contribution in [3.8, 4) is 0 Å². The van der Waals surface area contributed by atoms with Gasteiger partial charge in [-0.3, -0.25) is 14.4 Å². The third-order valence-electron chi connectivity index (χ3n) is 13.6. The SMILES string of the molecule is C=C(C)[C@@H]1CC[C@]2(C(=O)O)CC[C@]3(C)C(CC[C@@H]4[C@@]5(C)CCC(=O)[C@@](C)(COC(C)=O)[C@@H]5CC[C@]43C)[C@@H]12. The van der Waals surface area contributed by atoms with E-state index in [-0.39, 0.29) is 46.4 Å². The van der Waals surface area contributed by atoms with Crippen molar-refractivity contribution in [2.75, 3.05) is 6.61 Å². The van der Waals surface area contributed by atoms with Crippen LogP contribution in [0.25, 0.3) is 0 Å². The summed E-state index contributed by atoms with van der Waals surface area (Å²) in [4.78, 5) is 37.9. The average Bonchev–Trinajstić information content (AvgIpc) is 3.22. The van der Waals surface area contributed by atoms with Crippen LogP contribution in [0.1, 0.15) is 106 Å². The number of fused-ring (bicyclic) bond motifs is 7. The molecule has 0 bridgehead atoms. The van der Waals surface area contributed by atoms with Crippen LogP contribution in [0.3, 0.4) is 0 Å². The molecule has 5 aliphatic carbocycles. The molecule has 0 spiro atoms. The lowest BCUT2D eigenvalue weighted by molar-refractivity contribution is -0.238. The third kappa shape index (κ3) is 3.37. The zero-order valence-electron chi connectivity index (χ0n) is 24.0. The van der Waals surface area contributed by atoms with E-state index in [4.69, 9.17) is 4.74 Å². The van der Waals surface area contributed by atoms with Gasteiger partial charge in [0.15, 0.2) is 0 Å². The summed E-state index contributed by atoms with van der Waals surface area (Å²) in [7, 11) is 0. The molecule has 5 aliphatic rings. The van der Waals surface area contributed by atoms with E-state index in [9.17, 15) is 19.5 Å². The monoisotopic (exact) mass is 512 g/mol. The molecule has 5 saturated carbocycles. The number of carboxylic acid groups (broad SMARTS) is 1. The van der Waals surface area contributed by atoms with Gasteiger partial charge in [0.05, 0.1) is 10.8 Å². The maximum absolute atomic E-state index is 13.3. The van der Waals surface area contributed by atoms with Crippen molar-refractivity contribution in [3.63, 3.8) is 0 Å². The molecule has 5 heteroatoms. The van der Waals surface area contributed by atoms with Crippen LogP contribution >= 0.6 is 0 Å². The Morgan fingerprint density at radius 3 is 2.24 bits per heavy atom. The maximum Gasteiger partial charge on any atom is 0.309 e. The Balaban J connectivity index is 1.53. The molecule has 206 valence electrons. The summed E-state index contributed by atoms with van der Waals surface area (Å²) in [6, 6.07) is 0. The molecule has 10 atom stereocenters. The number of hydrogen-bond donors (Lipinski definition) is 1. The first kappa shape index (κ1) is 26.9. The van der Waals surface area contributed by atoms with Crippen LogP contribution in [0.2, 0.25) is 0 Å². The molecule has 0 aromatic rings. The molecule has 0 saturated heterocycles. The number of carbonyl (C=O) groups is 3. The minimum atomic E-state index is -0.626. The summed E-state index contributed by atoms with van der Waals surface area (Å²) in [5.41, 5.74) is 0.106. The van der Waals surface area contributed by atoms with Gasteiger partial charge in [-0.25, -0.2) is 0 Å². The molecule has 0 heterocycles. The Bertz CT molecular complexity index is 1030. The van der Waals surface area contributed by atoms with E-state index in [1.165, 1.54) is 6.92 Å². The molecule has 37 heavy (non-hydrogen) atoms. The summed E-state index contributed by atoms with van der Waals surface area (Å²) in [6.07, 6.45) is 9.13. The fourth-order valence-electron chi connectivity index (χ4n) is 11.6. The number of aliphatic carboxylic acids is 1. The molecule has 0 aliphatic heterocycles. The van der Waals surface area contributed by atoms with E-state index in [0.29, 0.717) is 24.2 Å². The van der Waals surface area contributed by atoms with Gasteiger partial charge in [-0.05, 0) is 117 Å². The van der Waals surface area contributed by atoms with E-state index >= 15 is 0 Å². The second-order valence-corrected chi connectivity index (χ2v) is 14.8. The summed E-state index contributed by atoms with van der Waals surface area (Å²) in [6.45, 7) is 17.6. The number of ether oxygens (including phenoxy) is 1. The highest BCUT2D eigenvalue weighted by Crippen LogP contribution is 2.77. The number of hydrogen-bond acceptors (Lipinski definition) is 4. The first-order chi connectivity index (χ1) is 17.2. The van der Waals surface area contributed by atoms with Gasteiger partial charge in [-0.2, -0.15) is 0 Å². The van der Waals surface area contributed by atoms with Crippen LogP contribution in [0, 0.1) is 56.7 Å². The number of allylic oxidation sites excluding steroid dienone is 1. The largest absolute Gasteiger partial charge is 0.481 e. The van der Waals surface area contributed by atoms with Crippen molar-refractivity contribution >= 4 is 17.7 Å². The number of rotatable bonds is 4. The lowest BCUT2D eigenvalue weighted by atomic mass is 9.32. The Morgan fingerprint density at radius 1 is 0.919 bits per heavy atom. The van der Waals surface area contributed by atoms with E-state index in [2.05, 4.69) is 34.3 Å². The van der Waals surface area contributed by atoms with Crippen LogP contribution in [-0.2, 0) is 19.1 Å². The number of ketones is 1. The molecule has 5 nitrogen and oxygen atoms in total. The zero-order valence-corrected chi connectivity index (χ0v) is 24.0. The van der Waals surface area contributed by atoms with E-state index < -0.39 is 16.8 Å². The first-order valence-corrected chi connectivity index (χ1v) is 14.7. The lowest BCUT2D eigenvalue weighted by Gasteiger charge is -2.72. The minimum absolute atomic E-state index is 0.00849. The second kappa shape index (κ2) is 8.42. The summed E-state index contributed by atoms with van der Waals surface area (Å²) < 4.78 is 5.51. The predicted molar refractivity (Wildman–Crippen MR) is 143 cm³/mol. The lowest BCUT2D eigenvalue weighted by Crippen LogP contribution is -2.67. The van der Waals surface area contributed by atoms with Crippen molar-refractivity contribution in [2.24, 2.45) is 56.7 Å². The van der Waals surface area contributed by atoms with Gasteiger partial charge in [0.25, 0.3) is 0 Å². The van der Waals surface area contributed by atoms with Gasteiger partial charge >= 0.3 is 11.9 Å². The van der Waals surface area contributed by atoms with Crippen molar-refractivity contribution in [1.82, 2.24) is 0 Å². The van der Waals surface area contributed by atoms with Gasteiger partial charge in [0.1, 0.15) is 12.4 Å². The van der Waals surface area contributed by atoms with Crippen molar-refractivity contribution < 1.29 is 24.2 Å². The number of carbonyl (C=O) groups excluding carboxylic acids is 2. The summed E-state index contributed by atoms with van der Waals surface area (Å²) in [5, 5.41) is 10.5. The van der Waals surface area contributed by atoms with Crippen LogP contribution in [0.4, 0.5) is 0 Å². The van der Waals surface area contributed by atoms with Crippen molar-refractivity contribution in [2.45, 2.75) is 106 Å².